The van der Waals surface area contributed by atoms with Crippen molar-refractivity contribution in [3.8, 4) is 0 Å². The molecule has 3 atom stereocenters. The van der Waals surface area contributed by atoms with Crippen LogP contribution in [0.1, 0.15) is 33.6 Å². The molecular weight excluding hydrogens is 244 g/mol. The molecule has 2 heterocycles. The monoisotopic (exact) mass is 268 g/mol. The molecule has 0 spiro atoms. The molecule has 19 heavy (non-hydrogen) atoms. The van der Waals surface area contributed by atoms with Crippen molar-refractivity contribution >= 4 is 11.8 Å². The molecule has 0 aromatic carbocycles. The van der Waals surface area contributed by atoms with Crippen molar-refractivity contribution < 1.29 is 14.3 Å². The second kappa shape index (κ2) is 5.90. The van der Waals surface area contributed by atoms with Gasteiger partial charge in [0.25, 0.3) is 0 Å². The normalized spacial score (nSPS) is 32.0. The minimum Gasteiger partial charge on any atom is -0.381 e. The molecule has 0 aromatic rings. The summed E-state index contributed by atoms with van der Waals surface area (Å²) in [6, 6.07) is -0.728. The van der Waals surface area contributed by atoms with Gasteiger partial charge in [0.1, 0.15) is 12.1 Å². The van der Waals surface area contributed by atoms with Crippen molar-refractivity contribution in [3.63, 3.8) is 0 Å². The predicted molar refractivity (Wildman–Crippen MR) is 71.5 cm³/mol. The van der Waals surface area contributed by atoms with Crippen molar-refractivity contribution in [3.05, 3.63) is 0 Å². The largest absolute Gasteiger partial charge is 0.381 e. The molecule has 2 aliphatic rings. The Morgan fingerprint density at radius 3 is 2.74 bits per heavy atom. The van der Waals surface area contributed by atoms with E-state index in [9.17, 15) is 9.59 Å². The van der Waals surface area contributed by atoms with E-state index in [1.165, 1.54) is 0 Å². The SMILES string of the molecule is CC(C)C1NC(=O)C(C)N(CCC2CCOC2)C1=O. The Balaban J connectivity index is 1.98. The van der Waals surface area contributed by atoms with Crippen LogP contribution >= 0.6 is 0 Å². The number of hydrogen-bond acceptors (Lipinski definition) is 3. The first-order chi connectivity index (χ1) is 9.00. The van der Waals surface area contributed by atoms with Crippen LogP contribution in [0.2, 0.25) is 0 Å². The molecule has 5 nitrogen and oxygen atoms in total. The van der Waals surface area contributed by atoms with Crippen LogP contribution in [0.5, 0.6) is 0 Å². The van der Waals surface area contributed by atoms with E-state index in [0.29, 0.717) is 12.5 Å². The summed E-state index contributed by atoms with van der Waals surface area (Å²) >= 11 is 0. The lowest BCUT2D eigenvalue weighted by molar-refractivity contribution is -0.150. The highest BCUT2D eigenvalue weighted by Crippen LogP contribution is 2.20. The number of rotatable bonds is 4. The van der Waals surface area contributed by atoms with Crippen LogP contribution in [0.4, 0.5) is 0 Å². The quantitative estimate of drug-likeness (QED) is 0.820. The maximum atomic E-state index is 12.4. The van der Waals surface area contributed by atoms with Crippen LogP contribution in [0.25, 0.3) is 0 Å². The molecular formula is C14H24N2O3. The number of amides is 2. The van der Waals surface area contributed by atoms with Crippen molar-refractivity contribution in [2.24, 2.45) is 11.8 Å². The molecule has 2 aliphatic heterocycles. The molecule has 5 heteroatoms. The lowest BCUT2D eigenvalue weighted by Crippen LogP contribution is -2.64. The van der Waals surface area contributed by atoms with E-state index in [1.54, 1.807) is 11.8 Å². The summed E-state index contributed by atoms with van der Waals surface area (Å²) in [6.07, 6.45) is 1.99. The Bertz CT molecular complexity index is 351. The average molecular weight is 268 g/mol. The molecule has 2 amide bonds. The van der Waals surface area contributed by atoms with E-state index in [4.69, 9.17) is 4.74 Å². The van der Waals surface area contributed by atoms with Crippen LogP contribution in [-0.2, 0) is 14.3 Å². The van der Waals surface area contributed by atoms with Gasteiger partial charge in [0, 0.05) is 19.8 Å². The van der Waals surface area contributed by atoms with Gasteiger partial charge in [-0.25, -0.2) is 0 Å². The minimum atomic E-state index is -0.372. The molecule has 0 saturated carbocycles. The first kappa shape index (κ1) is 14.3. The molecule has 108 valence electrons. The fourth-order valence-electron chi connectivity index (χ4n) is 2.73. The van der Waals surface area contributed by atoms with E-state index in [2.05, 4.69) is 5.32 Å². The Morgan fingerprint density at radius 1 is 1.42 bits per heavy atom. The highest BCUT2D eigenvalue weighted by Gasteiger charge is 2.39. The van der Waals surface area contributed by atoms with E-state index in [0.717, 1.165) is 26.1 Å². The zero-order chi connectivity index (χ0) is 14.0. The number of nitrogens with zero attached hydrogens (tertiary/aromatic N) is 1. The second-order valence-electron chi connectivity index (χ2n) is 5.96. The molecule has 2 fully saturated rings. The average Bonchev–Trinajstić information content (AvgIpc) is 2.86. The molecule has 2 rings (SSSR count). The van der Waals surface area contributed by atoms with Gasteiger partial charge in [0.2, 0.25) is 11.8 Å². The number of carbonyl (C=O) groups is 2. The maximum absolute atomic E-state index is 12.4. The fraction of sp³-hybridized carbons (Fsp3) is 0.857. The van der Waals surface area contributed by atoms with Gasteiger partial charge in [0.05, 0.1) is 0 Å². The van der Waals surface area contributed by atoms with Crippen LogP contribution in [0.3, 0.4) is 0 Å². The van der Waals surface area contributed by atoms with E-state index in [1.807, 2.05) is 13.8 Å². The topological polar surface area (TPSA) is 58.6 Å². The lowest BCUT2D eigenvalue weighted by atomic mass is 9.97. The summed E-state index contributed by atoms with van der Waals surface area (Å²) in [5.74, 6) is 0.672. The zero-order valence-electron chi connectivity index (χ0n) is 12.0. The van der Waals surface area contributed by atoms with Gasteiger partial charge in [-0.05, 0) is 31.6 Å². The van der Waals surface area contributed by atoms with Gasteiger partial charge in [0.15, 0.2) is 0 Å². The van der Waals surface area contributed by atoms with E-state index < -0.39 is 0 Å². The number of piperazine rings is 1. The third-order valence-electron chi connectivity index (χ3n) is 4.16. The molecule has 3 unspecified atom stereocenters. The Labute approximate surface area is 114 Å². The second-order valence-corrected chi connectivity index (χ2v) is 5.96. The number of nitrogens with one attached hydrogen (secondary N) is 1. The molecule has 0 aromatic heterocycles. The fourth-order valence-corrected chi connectivity index (χ4v) is 2.73. The van der Waals surface area contributed by atoms with Crippen LogP contribution in [0, 0.1) is 11.8 Å². The van der Waals surface area contributed by atoms with Crippen molar-refractivity contribution in [2.75, 3.05) is 19.8 Å². The summed E-state index contributed by atoms with van der Waals surface area (Å²) in [5.41, 5.74) is 0. The van der Waals surface area contributed by atoms with Crippen LogP contribution < -0.4 is 5.32 Å². The Hall–Kier alpha value is -1.10. The van der Waals surface area contributed by atoms with E-state index >= 15 is 0 Å². The third-order valence-corrected chi connectivity index (χ3v) is 4.16. The van der Waals surface area contributed by atoms with Gasteiger partial charge in [-0.1, -0.05) is 13.8 Å². The predicted octanol–water partition coefficient (Wildman–Crippen LogP) is 0.784. The van der Waals surface area contributed by atoms with E-state index in [-0.39, 0.29) is 29.8 Å². The summed E-state index contributed by atoms with van der Waals surface area (Å²) in [6.45, 7) is 7.99. The smallest absolute Gasteiger partial charge is 0.246 e. The summed E-state index contributed by atoms with van der Waals surface area (Å²) in [5, 5.41) is 2.82. The molecule has 0 aliphatic carbocycles. The zero-order valence-corrected chi connectivity index (χ0v) is 12.0. The first-order valence-electron chi connectivity index (χ1n) is 7.19. The van der Waals surface area contributed by atoms with Crippen LogP contribution in [-0.4, -0.2) is 48.6 Å². The van der Waals surface area contributed by atoms with Crippen LogP contribution in [0.15, 0.2) is 0 Å². The van der Waals surface area contributed by atoms with Crippen molar-refractivity contribution in [2.45, 2.75) is 45.7 Å². The lowest BCUT2D eigenvalue weighted by Gasteiger charge is -2.39. The summed E-state index contributed by atoms with van der Waals surface area (Å²) in [7, 11) is 0. The highest BCUT2D eigenvalue weighted by molar-refractivity contribution is 5.96. The van der Waals surface area contributed by atoms with Gasteiger partial charge in [-0.15, -0.1) is 0 Å². The number of ether oxygens (including phenoxy) is 1. The summed E-state index contributed by atoms with van der Waals surface area (Å²) < 4.78 is 5.35. The standard InChI is InChI=1S/C14H24N2O3/c1-9(2)12-14(18)16(10(3)13(17)15-12)6-4-11-5-7-19-8-11/h9-12H,4-8H2,1-3H3,(H,15,17). The molecule has 0 radical (unpaired) electrons. The van der Waals surface area contributed by atoms with Crippen molar-refractivity contribution in [1.29, 1.82) is 0 Å². The number of carbonyl (C=O) groups excluding carboxylic acids is 2. The Kier molecular flexibility index (Phi) is 4.45. The van der Waals surface area contributed by atoms with Gasteiger partial charge >= 0.3 is 0 Å². The Morgan fingerprint density at radius 2 is 2.16 bits per heavy atom. The van der Waals surface area contributed by atoms with Gasteiger partial charge in [-0.3, -0.25) is 9.59 Å². The first-order valence-corrected chi connectivity index (χ1v) is 7.19. The molecule has 2 saturated heterocycles. The minimum absolute atomic E-state index is 0.0408. The van der Waals surface area contributed by atoms with Crippen molar-refractivity contribution in [1.82, 2.24) is 10.2 Å². The van der Waals surface area contributed by atoms with Gasteiger partial charge in [-0.2, -0.15) is 0 Å². The van der Waals surface area contributed by atoms with Gasteiger partial charge < -0.3 is 15.0 Å². The molecule has 0 bridgehead atoms. The summed E-state index contributed by atoms with van der Waals surface area (Å²) in [4.78, 5) is 26.1. The maximum Gasteiger partial charge on any atom is 0.246 e. The molecule has 1 N–H and O–H groups in total. The third kappa shape index (κ3) is 3.08. The highest BCUT2D eigenvalue weighted by atomic mass is 16.5. The number of hydrogen-bond donors (Lipinski definition) is 1.